The molecule has 2 aromatic rings. The summed E-state index contributed by atoms with van der Waals surface area (Å²) in [5.41, 5.74) is 1.25. The molecule has 116 valence electrons. The molecule has 1 heterocycles. The number of nitrogens with one attached hydrogen (secondary N) is 1. The van der Waals surface area contributed by atoms with E-state index in [1.54, 1.807) is 16.9 Å². The highest BCUT2D eigenvalue weighted by atomic mass is 35.5. The second-order valence-electron chi connectivity index (χ2n) is 5.60. The van der Waals surface area contributed by atoms with Crippen molar-refractivity contribution in [1.82, 2.24) is 15.1 Å². The molecule has 1 fully saturated rings. The number of carbonyl (C=O) groups is 1. The maximum atomic E-state index is 12.3. The summed E-state index contributed by atoms with van der Waals surface area (Å²) in [5.74, 6) is -0.139. The van der Waals surface area contributed by atoms with Crippen molar-refractivity contribution in [1.29, 1.82) is 0 Å². The number of aromatic nitrogens is 2. The molecule has 0 aliphatic heterocycles. The van der Waals surface area contributed by atoms with E-state index >= 15 is 0 Å². The molecule has 0 bridgehead atoms. The van der Waals surface area contributed by atoms with Gasteiger partial charge in [0, 0.05) is 12.2 Å². The fourth-order valence-electron chi connectivity index (χ4n) is 2.70. The molecule has 5 nitrogen and oxygen atoms in total. The zero-order valence-electron chi connectivity index (χ0n) is 12.1. The van der Waals surface area contributed by atoms with E-state index in [1.165, 1.54) is 6.20 Å². The number of rotatable bonds is 3. The van der Waals surface area contributed by atoms with Crippen LogP contribution in [-0.2, 0) is 0 Å². The van der Waals surface area contributed by atoms with E-state index in [0.717, 1.165) is 31.4 Å². The molecular formula is C16H18ClN3O2. The van der Waals surface area contributed by atoms with E-state index in [9.17, 15) is 9.90 Å². The number of nitrogens with zero attached hydrogens (tertiary/aromatic N) is 2. The summed E-state index contributed by atoms with van der Waals surface area (Å²) in [5, 5.41) is 17.3. The van der Waals surface area contributed by atoms with Gasteiger partial charge in [0.1, 0.15) is 0 Å². The zero-order chi connectivity index (χ0) is 15.5. The van der Waals surface area contributed by atoms with Gasteiger partial charge in [-0.3, -0.25) is 4.79 Å². The monoisotopic (exact) mass is 319 g/mol. The second-order valence-corrected chi connectivity index (χ2v) is 6.01. The molecule has 1 aromatic carbocycles. The summed E-state index contributed by atoms with van der Waals surface area (Å²) in [6.45, 7) is 0. The Kier molecular flexibility index (Phi) is 4.45. The third-order valence-electron chi connectivity index (χ3n) is 3.98. The lowest BCUT2D eigenvalue weighted by Crippen LogP contribution is -2.38. The molecule has 6 heteroatoms. The molecule has 1 saturated carbocycles. The fraction of sp³-hybridized carbons (Fsp3) is 0.375. The van der Waals surface area contributed by atoms with Crippen molar-refractivity contribution in [3.8, 4) is 5.69 Å². The lowest BCUT2D eigenvalue weighted by molar-refractivity contribution is 0.0867. The maximum Gasteiger partial charge on any atom is 0.254 e. The SMILES string of the molecule is O=C(NC1CCC(O)CC1)c1cnn(-c2ccccc2Cl)c1. The standard InChI is InChI=1S/C16H18ClN3O2/c17-14-3-1-2-4-15(14)20-10-11(9-18-20)16(22)19-12-5-7-13(21)8-6-12/h1-4,9-10,12-13,21H,5-8H2,(H,19,22). The van der Waals surface area contributed by atoms with Gasteiger partial charge in [0.25, 0.3) is 5.91 Å². The molecule has 0 saturated heterocycles. The molecule has 1 aromatic heterocycles. The smallest absolute Gasteiger partial charge is 0.254 e. The van der Waals surface area contributed by atoms with Crippen LogP contribution in [0.4, 0.5) is 0 Å². The number of benzene rings is 1. The number of hydrogen-bond donors (Lipinski definition) is 2. The van der Waals surface area contributed by atoms with E-state index in [4.69, 9.17) is 11.6 Å². The molecule has 22 heavy (non-hydrogen) atoms. The van der Waals surface area contributed by atoms with Crippen LogP contribution < -0.4 is 5.32 Å². The Morgan fingerprint density at radius 1 is 1.27 bits per heavy atom. The number of hydrogen-bond acceptors (Lipinski definition) is 3. The number of aliphatic hydroxyl groups excluding tert-OH is 1. The van der Waals surface area contributed by atoms with E-state index in [1.807, 2.05) is 18.2 Å². The van der Waals surface area contributed by atoms with Gasteiger partial charge in [0.15, 0.2) is 0 Å². The normalized spacial score (nSPS) is 21.5. The Morgan fingerprint density at radius 3 is 2.73 bits per heavy atom. The molecule has 0 unspecified atom stereocenters. The van der Waals surface area contributed by atoms with E-state index < -0.39 is 0 Å². The van der Waals surface area contributed by atoms with Crippen molar-refractivity contribution in [2.45, 2.75) is 37.8 Å². The third kappa shape index (κ3) is 3.31. The van der Waals surface area contributed by atoms with Gasteiger partial charge in [-0.1, -0.05) is 23.7 Å². The Morgan fingerprint density at radius 2 is 2.00 bits per heavy atom. The summed E-state index contributed by atoms with van der Waals surface area (Å²) < 4.78 is 1.60. The summed E-state index contributed by atoms with van der Waals surface area (Å²) in [7, 11) is 0. The largest absolute Gasteiger partial charge is 0.393 e. The molecule has 0 radical (unpaired) electrons. The second kappa shape index (κ2) is 6.50. The highest BCUT2D eigenvalue weighted by molar-refractivity contribution is 6.32. The van der Waals surface area contributed by atoms with Crippen LogP contribution in [-0.4, -0.2) is 32.9 Å². The number of amides is 1. The van der Waals surface area contributed by atoms with E-state index in [-0.39, 0.29) is 18.1 Å². The molecule has 1 amide bonds. The van der Waals surface area contributed by atoms with Gasteiger partial charge in [0.05, 0.1) is 28.6 Å². The first-order chi connectivity index (χ1) is 10.6. The Bertz CT molecular complexity index is 663. The van der Waals surface area contributed by atoms with Crippen LogP contribution >= 0.6 is 11.6 Å². The number of halogens is 1. The molecule has 1 aliphatic carbocycles. The van der Waals surface area contributed by atoms with Crippen LogP contribution in [0, 0.1) is 0 Å². The summed E-state index contributed by atoms with van der Waals surface area (Å²) in [6, 6.07) is 7.47. The first-order valence-electron chi connectivity index (χ1n) is 7.42. The first-order valence-corrected chi connectivity index (χ1v) is 7.80. The maximum absolute atomic E-state index is 12.3. The highest BCUT2D eigenvalue weighted by Gasteiger charge is 2.21. The van der Waals surface area contributed by atoms with Gasteiger partial charge < -0.3 is 10.4 Å². The molecule has 2 N–H and O–H groups in total. The molecular weight excluding hydrogens is 302 g/mol. The zero-order valence-corrected chi connectivity index (χ0v) is 12.8. The number of aliphatic hydroxyl groups is 1. The fourth-order valence-corrected chi connectivity index (χ4v) is 2.92. The van der Waals surface area contributed by atoms with Crippen LogP contribution in [0.25, 0.3) is 5.69 Å². The minimum atomic E-state index is -0.226. The minimum Gasteiger partial charge on any atom is -0.393 e. The predicted molar refractivity (Wildman–Crippen MR) is 84.3 cm³/mol. The molecule has 0 spiro atoms. The minimum absolute atomic E-state index is 0.125. The van der Waals surface area contributed by atoms with Gasteiger partial charge in [-0.15, -0.1) is 0 Å². The van der Waals surface area contributed by atoms with Gasteiger partial charge in [-0.2, -0.15) is 5.10 Å². The van der Waals surface area contributed by atoms with E-state index in [0.29, 0.717) is 10.6 Å². The van der Waals surface area contributed by atoms with Crippen molar-refractivity contribution in [2.24, 2.45) is 0 Å². The molecule has 3 rings (SSSR count). The Balaban J connectivity index is 1.68. The van der Waals surface area contributed by atoms with E-state index in [2.05, 4.69) is 10.4 Å². The van der Waals surface area contributed by atoms with Crippen LogP contribution in [0.2, 0.25) is 5.02 Å². The Labute approximate surface area is 133 Å². The van der Waals surface area contributed by atoms with Crippen molar-refractivity contribution in [3.05, 3.63) is 47.2 Å². The quantitative estimate of drug-likeness (QED) is 0.913. The van der Waals surface area contributed by atoms with Crippen LogP contribution in [0.1, 0.15) is 36.0 Å². The molecule has 1 aliphatic rings. The average Bonchev–Trinajstić information content (AvgIpc) is 3.00. The predicted octanol–water partition coefficient (Wildman–Crippen LogP) is 2.56. The van der Waals surface area contributed by atoms with Crippen LogP contribution in [0.15, 0.2) is 36.7 Å². The van der Waals surface area contributed by atoms with Crippen molar-refractivity contribution >= 4 is 17.5 Å². The number of carbonyl (C=O) groups excluding carboxylic acids is 1. The summed E-state index contributed by atoms with van der Waals surface area (Å²) in [6.07, 6.45) is 6.09. The van der Waals surface area contributed by atoms with Crippen molar-refractivity contribution in [3.63, 3.8) is 0 Å². The van der Waals surface area contributed by atoms with Crippen LogP contribution in [0.5, 0.6) is 0 Å². The summed E-state index contributed by atoms with van der Waals surface area (Å²) in [4.78, 5) is 12.3. The Hall–Kier alpha value is -1.85. The third-order valence-corrected chi connectivity index (χ3v) is 4.30. The van der Waals surface area contributed by atoms with Crippen LogP contribution in [0.3, 0.4) is 0 Å². The molecule has 0 atom stereocenters. The average molecular weight is 320 g/mol. The lowest BCUT2D eigenvalue weighted by atomic mass is 9.93. The van der Waals surface area contributed by atoms with Gasteiger partial charge in [-0.25, -0.2) is 4.68 Å². The lowest BCUT2D eigenvalue weighted by Gasteiger charge is -2.25. The van der Waals surface area contributed by atoms with Gasteiger partial charge in [0.2, 0.25) is 0 Å². The number of para-hydroxylation sites is 1. The summed E-state index contributed by atoms with van der Waals surface area (Å²) >= 11 is 6.13. The van der Waals surface area contributed by atoms with Gasteiger partial charge >= 0.3 is 0 Å². The van der Waals surface area contributed by atoms with Crippen molar-refractivity contribution in [2.75, 3.05) is 0 Å². The van der Waals surface area contributed by atoms with Gasteiger partial charge in [-0.05, 0) is 37.8 Å². The topological polar surface area (TPSA) is 67.2 Å². The van der Waals surface area contributed by atoms with Crippen molar-refractivity contribution < 1.29 is 9.90 Å². The first kappa shape index (κ1) is 15.1. The highest BCUT2D eigenvalue weighted by Crippen LogP contribution is 2.20.